The summed E-state index contributed by atoms with van der Waals surface area (Å²) in [5.41, 5.74) is 3.14. The number of halogens is 1. The number of aliphatic hydroxyl groups excluding tert-OH is 1. The molecule has 0 unspecified atom stereocenters. The molecule has 0 saturated carbocycles. The Morgan fingerprint density at radius 3 is 2.22 bits per heavy atom. The Hall–Kier alpha value is -2.86. The molecule has 2 atom stereocenters. The summed E-state index contributed by atoms with van der Waals surface area (Å²) in [6.07, 6.45) is -1.07. The van der Waals surface area contributed by atoms with E-state index in [1.807, 2.05) is 72.8 Å². The number of rotatable bonds is 7. The molecule has 0 aromatic heterocycles. The number of hydrogen-bond acceptors (Lipinski definition) is 4. The Labute approximate surface area is 193 Å². The Kier molecular flexibility index (Phi) is 7.43. The molecule has 1 amide bonds. The number of aliphatic hydroxyl groups is 1. The van der Waals surface area contributed by atoms with Gasteiger partial charge in [-0.05, 0) is 28.8 Å². The van der Waals surface area contributed by atoms with Crippen molar-refractivity contribution in [3.8, 4) is 0 Å². The molecule has 3 aromatic carbocycles. The Morgan fingerprint density at radius 2 is 1.53 bits per heavy atom. The number of nitrogens with zero attached hydrogens (tertiary/aromatic N) is 2. The second-order valence-corrected chi connectivity index (χ2v) is 8.54. The monoisotopic (exact) mass is 450 g/mol. The smallest absolute Gasteiger partial charge is 0.410 e. The van der Waals surface area contributed by atoms with Crippen molar-refractivity contribution in [2.45, 2.75) is 31.8 Å². The first-order chi connectivity index (χ1) is 15.6. The van der Waals surface area contributed by atoms with Crippen molar-refractivity contribution >= 4 is 17.7 Å². The lowest BCUT2D eigenvalue weighted by molar-refractivity contribution is 0.0728. The van der Waals surface area contributed by atoms with Crippen molar-refractivity contribution in [1.82, 2.24) is 9.80 Å². The van der Waals surface area contributed by atoms with Gasteiger partial charge in [0.25, 0.3) is 0 Å². The summed E-state index contributed by atoms with van der Waals surface area (Å²) in [5.74, 6) is 0. The van der Waals surface area contributed by atoms with Crippen LogP contribution in [0.25, 0.3) is 0 Å². The van der Waals surface area contributed by atoms with Gasteiger partial charge in [-0.1, -0.05) is 84.4 Å². The first-order valence-corrected chi connectivity index (χ1v) is 11.1. The fourth-order valence-electron chi connectivity index (χ4n) is 4.07. The second-order valence-electron chi connectivity index (χ2n) is 8.10. The SMILES string of the molecule is O=C(OCc1ccccc1)N1C[C@@H](O)[C@H](N(Cc2ccccc2)Cc2cccc(Cl)c2)C1. The van der Waals surface area contributed by atoms with Gasteiger partial charge in [-0.2, -0.15) is 0 Å². The van der Waals surface area contributed by atoms with E-state index < -0.39 is 12.2 Å². The van der Waals surface area contributed by atoms with Crippen molar-refractivity contribution in [2.24, 2.45) is 0 Å². The van der Waals surface area contributed by atoms with Gasteiger partial charge < -0.3 is 14.7 Å². The van der Waals surface area contributed by atoms with Gasteiger partial charge in [-0.25, -0.2) is 4.79 Å². The Bertz CT molecular complexity index is 1020. The molecule has 1 aliphatic heterocycles. The van der Waals surface area contributed by atoms with Gasteiger partial charge >= 0.3 is 6.09 Å². The van der Waals surface area contributed by atoms with Gasteiger partial charge in [0.15, 0.2) is 0 Å². The van der Waals surface area contributed by atoms with E-state index in [1.54, 1.807) is 4.90 Å². The molecule has 1 heterocycles. The predicted molar refractivity (Wildman–Crippen MR) is 125 cm³/mol. The molecular formula is C26H27ClN2O3. The van der Waals surface area contributed by atoms with Gasteiger partial charge in [0.1, 0.15) is 6.61 Å². The van der Waals surface area contributed by atoms with Crippen LogP contribution in [0.15, 0.2) is 84.9 Å². The summed E-state index contributed by atoms with van der Waals surface area (Å²) in [7, 11) is 0. The van der Waals surface area contributed by atoms with Crippen LogP contribution in [0.3, 0.4) is 0 Å². The molecule has 1 fully saturated rings. The third kappa shape index (κ3) is 5.88. The molecule has 4 rings (SSSR count). The van der Waals surface area contributed by atoms with Gasteiger partial charge in [-0.3, -0.25) is 4.90 Å². The summed E-state index contributed by atoms with van der Waals surface area (Å²) in [4.78, 5) is 16.4. The topological polar surface area (TPSA) is 53.0 Å². The lowest BCUT2D eigenvalue weighted by Crippen LogP contribution is -2.42. The maximum Gasteiger partial charge on any atom is 0.410 e. The van der Waals surface area contributed by atoms with Crippen molar-refractivity contribution in [3.63, 3.8) is 0 Å². The van der Waals surface area contributed by atoms with E-state index in [4.69, 9.17) is 16.3 Å². The fourth-order valence-corrected chi connectivity index (χ4v) is 4.28. The first kappa shape index (κ1) is 22.3. The molecule has 32 heavy (non-hydrogen) atoms. The number of carbonyl (C=O) groups excluding carboxylic acids is 1. The minimum atomic E-state index is -0.665. The number of carbonyl (C=O) groups is 1. The van der Waals surface area contributed by atoms with Crippen LogP contribution in [-0.2, 0) is 24.4 Å². The van der Waals surface area contributed by atoms with E-state index in [0.717, 1.165) is 16.7 Å². The minimum absolute atomic E-state index is 0.210. The standard InChI is InChI=1S/C26H27ClN2O3/c27-23-13-7-12-22(14-23)16-28(15-20-8-3-1-4-9-20)24-17-29(18-25(24)30)26(31)32-19-21-10-5-2-6-11-21/h1-14,24-25,30H,15-19H2/t24-,25-/m1/s1. The molecule has 0 spiro atoms. The van der Waals surface area contributed by atoms with Gasteiger partial charge in [0.2, 0.25) is 0 Å². The molecule has 5 nitrogen and oxygen atoms in total. The lowest BCUT2D eigenvalue weighted by atomic mass is 10.1. The summed E-state index contributed by atoms with van der Waals surface area (Å²) < 4.78 is 5.48. The third-order valence-corrected chi connectivity index (χ3v) is 5.93. The molecule has 166 valence electrons. The maximum atomic E-state index is 12.7. The van der Waals surface area contributed by atoms with Crippen LogP contribution in [-0.4, -0.2) is 46.2 Å². The molecule has 0 bridgehead atoms. The van der Waals surface area contributed by atoms with Crippen molar-refractivity contribution < 1.29 is 14.6 Å². The first-order valence-electron chi connectivity index (χ1n) is 10.7. The Balaban J connectivity index is 1.45. The van der Waals surface area contributed by atoms with E-state index in [-0.39, 0.29) is 19.2 Å². The largest absolute Gasteiger partial charge is 0.445 e. The highest BCUT2D eigenvalue weighted by Crippen LogP contribution is 2.23. The maximum absolute atomic E-state index is 12.7. The molecule has 3 aromatic rings. The van der Waals surface area contributed by atoms with Crippen LogP contribution >= 0.6 is 11.6 Å². The zero-order valence-electron chi connectivity index (χ0n) is 17.8. The van der Waals surface area contributed by atoms with Crippen LogP contribution in [0, 0.1) is 0 Å². The molecule has 1 N–H and O–H groups in total. The van der Waals surface area contributed by atoms with E-state index >= 15 is 0 Å². The zero-order chi connectivity index (χ0) is 22.3. The van der Waals surface area contributed by atoms with Crippen molar-refractivity contribution in [2.75, 3.05) is 13.1 Å². The van der Waals surface area contributed by atoms with E-state index in [0.29, 0.717) is 24.7 Å². The molecular weight excluding hydrogens is 424 g/mol. The number of benzene rings is 3. The Morgan fingerprint density at radius 1 is 0.906 bits per heavy atom. The number of β-amino-alcohol motifs (C(OH)–C–C–N with tert-alkyl or cyclic N) is 1. The molecule has 0 radical (unpaired) electrons. The van der Waals surface area contributed by atoms with Crippen LogP contribution in [0.5, 0.6) is 0 Å². The highest BCUT2D eigenvalue weighted by molar-refractivity contribution is 6.30. The molecule has 0 aliphatic carbocycles. The van der Waals surface area contributed by atoms with Crippen molar-refractivity contribution in [3.05, 3.63) is 107 Å². The number of likely N-dealkylation sites (tertiary alicyclic amines) is 1. The average molecular weight is 451 g/mol. The molecule has 1 aliphatic rings. The van der Waals surface area contributed by atoms with Gasteiger partial charge in [-0.15, -0.1) is 0 Å². The van der Waals surface area contributed by atoms with Gasteiger partial charge in [0, 0.05) is 24.7 Å². The van der Waals surface area contributed by atoms with Crippen LogP contribution in [0.4, 0.5) is 4.79 Å². The van der Waals surface area contributed by atoms with Crippen LogP contribution in [0.2, 0.25) is 5.02 Å². The quantitative estimate of drug-likeness (QED) is 0.565. The lowest BCUT2D eigenvalue weighted by Gasteiger charge is -2.30. The fraction of sp³-hybridized carbons (Fsp3) is 0.269. The predicted octanol–water partition coefficient (Wildman–Crippen LogP) is 4.72. The summed E-state index contributed by atoms with van der Waals surface area (Å²) in [5, 5.41) is 11.5. The van der Waals surface area contributed by atoms with Crippen LogP contribution in [0.1, 0.15) is 16.7 Å². The van der Waals surface area contributed by atoms with Crippen LogP contribution < -0.4 is 0 Å². The highest BCUT2D eigenvalue weighted by Gasteiger charge is 2.38. The normalized spacial score (nSPS) is 18.2. The number of ether oxygens (including phenoxy) is 1. The summed E-state index contributed by atoms with van der Waals surface area (Å²) in [6, 6.07) is 27.2. The molecule has 1 saturated heterocycles. The third-order valence-electron chi connectivity index (χ3n) is 5.69. The average Bonchev–Trinajstić information content (AvgIpc) is 3.20. The van der Waals surface area contributed by atoms with Crippen molar-refractivity contribution in [1.29, 1.82) is 0 Å². The second kappa shape index (κ2) is 10.6. The number of amides is 1. The summed E-state index contributed by atoms with van der Waals surface area (Å²) in [6.45, 7) is 2.14. The number of hydrogen-bond donors (Lipinski definition) is 1. The van der Waals surface area contributed by atoms with Gasteiger partial charge in [0.05, 0.1) is 18.7 Å². The zero-order valence-corrected chi connectivity index (χ0v) is 18.6. The highest BCUT2D eigenvalue weighted by atomic mass is 35.5. The van der Waals surface area contributed by atoms with E-state index in [2.05, 4.69) is 17.0 Å². The van der Waals surface area contributed by atoms with E-state index in [1.165, 1.54) is 0 Å². The minimum Gasteiger partial charge on any atom is -0.445 e. The molecule has 6 heteroatoms. The summed E-state index contributed by atoms with van der Waals surface area (Å²) >= 11 is 6.19. The van der Waals surface area contributed by atoms with E-state index in [9.17, 15) is 9.90 Å².